The number of hydrogen-bond acceptors (Lipinski definition) is 7. The van der Waals surface area contributed by atoms with Crippen LogP contribution >= 0.6 is 0 Å². The van der Waals surface area contributed by atoms with E-state index in [1.807, 2.05) is 12.1 Å². The Morgan fingerprint density at radius 3 is 2.47 bits per heavy atom. The lowest BCUT2D eigenvalue weighted by Gasteiger charge is -2.43. The molecule has 0 radical (unpaired) electrons. The van der Waals surface area contributed by atoms with E-state index in [9.17, 15) is 13.5 Å². The lowest BCUT2D eigenvalue weighted by molar-refractivity contribution is 0.219. The Morgan fingerprint density at radius 1 is 1.13 bits per heavy atom. The minimum Gasteiger partial charge on any atom is -0.507 e. The van der Waals surface area contributed by atoms with E-state index in [0.717, 1.165) is 30.3 Å². The molecule has 3 heterocycles. The van der Waals surface area contributed by atoms with E-state index in [0.29, 0.717) is 34.9 Å². The highest BCUT2D eigenvalue weighted by molar-refractivity contribution is 7.93. The lowest BCUT2D eigenvalue weighted by Crippen LogP contribution is -2.54. The summed E-state index contributed by atoms with van der Waals surface area (Å²) in [6, 6.07) is 10.4. The van der Waals surface area contributed by atoms with Crippen molar-refractivity contribution in [2.24, 2.45) is 0 Å². The highest BCUT2D eigenvalue weighted by Gasteiger charge is 2.33. The zero-order valence-corrected chi connectivity index (χ0v) is 18.1. The molecule has 0 amide bonds. The quantitative estimate of drug-likeness (QED) is 0.756. The number of phenolic OH excluding ortho intramolecular Hbond substituents is 1. The van der Waals surface area contributed by atoms with Gasteiger partial charge in [0.25, 0.3) is 0 Å². The number of benzene rings is 1. The van der Waals surface area contributed by atoms with Gasteiger partial charge in [-0.05, 0) is 61.6 Å². The number of phenols is 1. The molecule has 0 aliphatic carbocycles. The van der Waals surface area contributed by atoms with Crippen molar-refractivity contribution in [2.45, 2.75) is 50.2 Å². The summed E-state index contributed by atoms with van der Waals surface area (Å²) >= 11 is 0. The van der Waals surface area contributed by atoms with Gasteiger partial charge in [-0.15, -0.1) is 10.2 Å². The first-order valence-electron chi connectivity index (χ1n) is 10.3. The van der Waals surface area contributed by atoms with Crippen LogP contribution < -0.4 is 10.2 Å². The maximum absolute atomic E-state index is 11.3. The van der Waals surface area contributed by atoms with Gasteiger partial charge in [-0.25, -0.2) is 8.42 Å². The fourth-order valence-corrected chi connectivity index (χ4v) is 4.87. The smallest absolute Gasteiger partial charge is 0.168 e. The number of hydrogen-bond donors (Lipinski definition) is 2. The van der Waals surface area contributed by atoms with E-state index in [-0.39, 0.29) is 5.75 Å². The van der Waals surface area contributed by atoms with Crippen molar-refractivity contribution in [2.75, 3.05) is 18.2 Å². The minimum absolute atomic E-state index is 0.0345. The second-order valence-electron chi connectivity index (χ2n) is 8.41. The number of sulfone groups is 1. The number of piperidine rings is 2. The third kappa shape index (κ3) is 4.82. The van der Waals surface area contributed by atoms with Crippen LogP contribution in [0.3, 0.4) is 0 Å². The summed E-state index contributed by atoms with van der Waals surface area (Å²) < 4.78 is 22.5. The number of rotatable bonds is 5. The topological polar surface area (TPSA) is 95.4 Å². The molecule has 0 spiro atoms. The molecule has 7 nitrogen and oxygen atoms in total. The SMILES string of the molecule is CN(c1ccc(-c2ccc(/C=C/S(C)(=O)=O)cc2O)nn1)[C@H]1C[C@H]2CCC[C@@H](C1)N2. The molecule has 2 fully saturated rings. The van der Waals surface area contributed by atoms with Crippen LogP contribution in [0.25, 0.3) is 17.3 Å². The number of aromatic hydroxyl groups is 1. The van der Waals surface area contributed by atoms with Crippen molar-refractivity contribution < 1.29 is 13.5 Å². The van der Waals surface area contributed by atoms with Crippen LogP contribution in [0, 0.1) is 0 Å². The molecule has 2 N–H and O–H groups in total. The number of anilines is 1. The summed E-state index contributed by atoms with van der Waals surface area (Å²) in [7, 11) is -1.14. The first kappa shape index (κ1) is 20.8. The molecular weight excluding hydrogens is 400 g/mol. The second-order valence-corrected chi connectivity index (χ2v) is 10.3. The number of nitrogens with zero attached hydrogens (tertiary/aromatic N) is 3. The Hall–Kier alpha value is -2.45. The summed E-state index contributed by atoms with van der Waals surface area (Å²) in [6.07, 6.45) is 8.65. The molecule has 3 atom stereocenters. The third-order valence-corrected chi connectivity index (χ3v) is 6.69. The van der Waals surface area contributed by atoms with Gasteiger partial charge >= 0.3 is 0 Å². The van der Waals surface area contributed by atoms with Crippen molar-refractivity contribution in [3.8, 4) is 17.0 Å². The molecule has 4 rings (SSSR count). The first-order valence-corrected chi connectivity index (χ1v) is 12.3. The van der Waals surface area contributed by atoms with Crippen LogP contribution in [-0.2, 0) is 9.84 Å². The molecule has 0 unspecified atom stereocenters. The Balaban J connectivity index is 1.49. The van der Waals surface area contributed by atoms with Crippen LogP contribution in [0.15, 0.2) is 35.7 Å². The molecule has 2 saturated heterocycles. The molecule has 2 bridgehead atoms. The van der Waals surface area contributed by atoms with E-state index >= 15 is 0 Å². The van der Waals surface area contributed by atoms with Crippen molar-refractivity contribution in [3.63, 3.8) is 0 Å². The zero-order valence-electron chi connectivity index (χ0n) is 17.3. The van der Waals surface area contributed by atoms with Crippen molar-refractivity contribution >= 4 is 21.7 Å². The molecule has 0 saturated carbocycles. The summed E-state index contributed by atoms with van der Waals surface area (Å²) in [5.74, 6) is 0.864. The van der Waals surface area contributed by atoms with Gasteiger partial charge in [0.05, 0.1) is 5.69 Å². The van der Waals surface area contributed by atoms with E-state index < -0.39 is 9.84 Å². The van der Waals surface area contributed by atoms with Gasteiger partial charge in [0.1, 0.15) is 5.75 Å². The van der Waals surface area contributed by atoms with E-state index in [4.69, 9.17) is 0 Å². The second kappa shape index (κ2) is 8.35. The van der Waals surface area contributed by atoms with E-state index in [2.05, 4.69) is 27.5 Å². The minimum atomic E-state index is -3.22. The largest absolute Gasteiger partial charge is 0.507 e. The number of fused-ring (bicyclic) bond motifs is 2. The molecule has 160 valence electrons. The van der Waals surface area contributed by atoms with Gasteiger partial charge in [0.15, 0.2) is 15.7 Å². The van der Waals surface area contributed by atoms with E-state index in [1.165, 1.54) is 31.4 Å². The summed E-state index contributed by atoms with van der Waals surface area (Å²) in [5.41, 5.74) is 1.73. The maximum atomic E-state index is 11.3. The predicted molar refractivity (Wildman–Crippen MR) is 119 cm³/mol. The van der Waals surface area contributed by atoms with Crippen molar-refractivity contribution in [1.29, 1.82) is 0 Å². The van der Waals surface area contributed by atoms with Gasteiger partial charge in [0, 0.05) is 42.4 Å². The monoisotopic (exact) mass is 428 g/mol. The maximum Gasteiger partial charge on any atom is 0.168 e. The molecule has 2 aliphatic heterocycles. The zero-order chi connectivity index (χ0) is 21.3. The molecule has 2 aromatic rings. The molecule has 8 heteroatoms. The highest BCUT2D eigenvalue weighted by Crippen LogP contribution is 2.32. The van der Waals surface area contributed by atoms with Crippen LogP contribution in [0.1, 0.15) is 37.7 Å². The predicted octanol–water partition coefficient (Wildman–Crippen LogP) is 2.97. The Labute approximate surface area is 177 Å². The van der Waals surface area contributed by atoms with E-state index in [1.54, 1.807) is 12.1 Å². The molecule has 1 aromatic heterocycles. The van der Waals surface area contributed by atoms with Crippen LogP contribution in [0.2, 0.25) is 0 Å². The molecule has 2 aliphatic rings. The summed E-state index contributed by atoms with van der Waals surface area (Å²) in [5, 5.41) is 23.9. The van der Waals surface area contributed by atoms with Crippen LogP contribution in [0.5, 0.6) is 5.75 Å². The lowest BCUT2D eigenvalue weighted by atomic mass is 9.83. The average molecular weight is 429 g/mol. The highest BCUT2D eigenvalue weighted by atomic mass is 32.2. The first-order chi connectivity index (χ1) is 14.3. The standard InChI is InChI=1S/C22H28N4O3S/c1-26(18-13-16-4-3-5-17(14-18)23-16)22-9-8-20(24-25-22)19-7-6-15(12-21(19)27)10-11-30(2,28)29/h6-12,16-18,23,27H,3-5,13-14H2,1-2H3/b11-10+/t16-,17+,18+. The number of aromatic nitrogens is 2. The Morgan fingerprint density at radius 2 is 1.87 bits per heavy atom. The molecule has 30 heavy (non-hydrogen) atoms. The molecule has 1 aromatic carbocycles. The van der Waals surface area contributed by atoms with Crippen LogP contribution in [-0.4, -0.2) is 55.2 Å². The summed E-state index contributed by atoms with van der Waals surface area (Å²) in [4.78, 5) is 2.22. The summed E-state index contributed by atoms with van der Waals surface area (Å²) in [6.45, 7) is 0. The van der Waals surface area contributed by atoms with Crippen LogP contribution in [0.4, 0.5) is 5.82 Å². The fourth-order valence-electron chi connectivity index (χ4n) is 4.47. The van der Waals surface area contributed by atoms with Gasteiger partial charge < -0.3 is 15.3 Å². The normalized spacial score (nSPS) is 24.1. The van der Waals surface area contributed by atoms with Gasteiger partial charge in [-0.3, -0.25) is 0 Å². The Kier molecular flexibility index (Phi) is 5.79. The number of nitrogens with one attached hydrogen (secondary N) is 1. The molecular formula is C22H28N4O3S. The average Bonchev–Trinajstić information content (AvgIpc) is 2.71. The van der Waals surface area contributed by atoms with Crippen molar-refractivity contribution in [3.05, 3.63) is 41.3 Å². The van der Waals surface area contributed by atoms with Gasteiger partial charge in [-0.1, -0.05) is 12.5 Å². The van der Waals surface area contributed by atoms with Gasteiger partial charge in [-0.2, -0.15) is 0 Å². The van der Waals surface area contributed by atoms with Crippen molar-refractivity contribution in [1.82, 2.24) is 15.5 Å². The Bertz CT molecular complexity index is 1020. The van der Waals surface area contributed by atoms with Gasteiger partial charge in [0.2, 0.25) is 0 Å². The fraction of sp³-hybridized carbons (Fsp3) is 0.455. The third-order valence-electron chi connectivity index (χ3n) is 6.05.